The highest BCUT2D eigenvalue weighted by Crippen LogP contribution is 2.33. The molecule has 0 aliphatic heterocycles. The summed E-state index contributed by atoms with van der Waals surface area (Å²) in [6.45, 7) is 1.47. The average Bonchev–Trinajstić information content (AvgIpc) is 3.17. The summed E-state index contributed by atoms with van der Waals surface area (Å²) >= 11 is 0. The summed E-state index contributed by atoms with van der Waals surface area (Å²) in [7, 11) is 0. The lowest BCUT2D eigenvalue weighted by Crippen LogP contribution is -2.34. The number of phenolic OH excluding ortho intramolecular Hbond substituents is 1. The molecule has 0 spiro atoms. The molecule has 2 aromatic rings. The fourth-order valence-corrected chi connectivity index (χ4v) is 1.95. The molecule has 2 amide bonds. The molecule has 142 valence electrons. The van der Waals surface area contributed by atoms with Crippen LogP contribution in [-0.2, 0) is 4.79 Å². The molecule has 1 heterocycles. The number of rotatable bonds is 8. The minimum Gasteiger partial charge on any atom is -0.504 e. The molecule has 0 unspecified atom stereocenters. The van der Waals surface area contributed by atoms with Crippen molar-refractivity contribution >= 4 is 23.7 Å². The van der Waals surface area contributed by atoms with Gasteiger partial charge in [0.25, 0.3) is 17.5 Å². The summed E-state index contributed by atoms with van der Waals surface area (Å²) in [5.41, 5.74) is 1.79. The van der Waals surface area contributed by atoms with Gasteiger partial charge >= 0.3 is 0 Å². The normalized spacial score (nSPS) is 10.6. The number of furan rings is 1. The van der Waals surface area contributed by atoms with Crippen molar-refractivity contribution in [2.45, 2.75) is 6.92 Å². The number of ether oxygens (including phenoxy) is 1. The fourth-order valence-electron chi connectivity index (χ4n) is 1.95. The van der Waals surface area contributed by atoms with Crippen LogP contribution in [0.15, 0.2) is 40.0 Å². The number of aromatic hydroxyl groups is 1. The van der Waals surface area contributed by atoms with E-state index in [0.717, 1.165) is 18.3 Å². The van der Waals surface area contributed by atoms with Crippen molar-refractivity contribution < 1.29 is 28.8 Å². The molecule has 0 aliphatic carbocycles. The summed E-state index contributed by atoms with van der Waals surface area (Å²) in [5, 5.41) is 26.9. The van der Waals surface area contributed by atoms with Crippen LogP contribution in [0.3, 0.4) is 0 Å². The smallest absolute Gasteiger partial charge is 0.287 e. The zero-order valence-corrected chi connectivity index (χ0v) is 14.2. The molecule has 27 heavy (non-hydrogen) atoms. The van der Waals surface area contributed by atoms with Crippen LogP contribution in [0.2, 0.25) is 0 Å². The lowest BCUT2D eigenvalue weighted by atomic mass is 10.1. The Hall–Kier alpha value is -3.89. The first-order valence-corrected chi connectivity index (χ1v) is 7.70. The number of carbonyl (C=O) groups is 2. The molecule has 3 N–H and O–H groups in total. The summed E-state index contributed by atoms with van der Waals surface area (Å²) in [6, 6.07) is 5.12. The minimum absolute atomic E-state index is 0.0208. The average molecular weight is 376 g/mol. The Kier molecular flexibility index (Phi) is 6.47. The van der Waals surface area contributed by atoms with Gasteiger partial charge in [-0.25, -0.2) is 5.43 Å². The van der Waals surface area contributed by atoms with Crippen LogP contribution < -0.4 is 15.5 Å². The van der Waals surface area contributed by atoms with Gasteiger partial charge < -0.3 is 19.6 Å². The standard InChI is InChI=1S/C16H16N4O7/c1-2-26-13-7-11(20(24)25)6-10(15(13)22)8-18-19-14(21)9-17-16(23)12-4-3-5-27-12/h3-8,22H,2,9H2,1H3,(H,17,23)(H,19,21). The van der Waals surface area contributed by atoms with Crippen LogP contribution >= 0.6 is 0 Å². The highest BCUT2D eigenvalue weighted by atomic mass is 16.6. The Morgan fingerprint density at radius 1 is 1.44 bits per heavy atom. The molecule has 0 saturated heterocycles. The van der Waals surface area contributed by atoms with E-state index in [9.17, 15) is 24.8 Å². The second-order valence-electron chi connectivity index (χ2n) is 5.03. The zero-order chi connectivity index (χ0) is 19.8. The van der Waals surface area contributed by atoms with E-state index >= 15 is 0 Å². The van der Waals surface area contributed by atoms with Crippen LogP contribution in [0.1, 0.15) is 23.0 Å². The lowest BCUT2D eigenvalue weighted by Gasteiger charge is -2.08. The van der Waals surface area contributed by atoms with E-state index in [2.05, 4.69) is 15.8 Å². The summed E-state index contributed by atoms with van der Waals surface area (Å²) in [6.07, 6.45) is 2.35. The van der Waals surface area contributed by atoms with Crippen LogP contribution in [0.25, 0.3) is 0 Å². The van der Waals surface area contributed by atoms with Gasteiger partial charge in [-0.05, 0) is 19.1 Å². The predicted octanol–water partition coefficient (Wildman–Crippen LogP) is 1.17. The second-order valence-corrected chi connectivity index (χ2v) is 5.03. The second kappa shape index (κ2) is 8.99. The molecule has 11 nitrogen and oxygen atoms in total. The number of phenols is 1. The van der Waals surface area contributed by atoms with Gasteiger partial charge in [-0.2, -0.15) is 5.10 Å². The Morgan fingerprint density at radius 2 is 2.22 bits per heavy atom. The van der Waals surface area contributed by atoms with E-state index < -0.39 is 16.7 Å². The third-order valence-electron chi connectivity index (χ3n) is 3.15. The number of carbonyl (C=O) groups excluding carboxylic acids is 2. The maximum Gasteiger partial charge on any atom is 0.287 e. The molecule has 0 atom stereocenters. The highest BCUT2D eigenvalue weighted by molar-refractivity contribution is 5.94. The quantitative estimate of drug-likeness (QED) is 0.354. The maximum absolute atomic E-state index is 11.7. The van der Waals surface area contributed by atoms with Gasteiger partial charge in [0.2, 0.25) is 0 Å². The molecule has 0 radical (unpaired) electrons. The number of benzene rings is 1. The summed E-state index contributed by atoms with van der Waals surface area (Å²) < 4.78 is 10.0. The van der Waals surface area contributed by atoms with E-state index in [-0.39, 0.29) is 41.7 Å². The van der Waals surface area contributed by atoms with Crippen molar-refractivity contribution in [3.8, 4) is 11.5 Å². The number of non-ortho nitro benzene ring substituents is 1. The van der Waals surface area contributed by atoms with Crippen molar-refractivity contribution in [3.05, 3.63) is 52.0 Å². The van der Waals surface area contributed by atoms with Crippen molar-refractivity contribution in [2.24, 2.45) is 5.10 Å². The number of nitrogens with zero attached hydrogens (tertiary/aromatic N) is 2. The highest BCUT2D eigenvalue weighted by Gasteiger charge is 2.16. The number of hydrazone groups is 1. The van der Waals surface area contributed by atoms with Gasteiger partial charge in [-0.3, -0.25) is 19.7 Å². The van der Waals surface area contributed by atoms with Gasteiger partial charge in [0, 0.05) is 11.6 Å². The molecule has 1 aromatic carbocycles. The van der Waals surface area contributed by atoms with Crippen LogP contribution in [-0.4, -0.2) is 41.2 Å². The Balaban J connectivity index is 1.99. The van der Waals surface area contributed by atoms with Crippen molar-refractivity contribution in [1.82, 2.24) is 10.7 Å². The predicted molar refractivity (Wildman–Crippen MR) is 92.7 cm³/mol. The molecule has 1 aromatic heterocycles. The summed E-state index contributed by atoms with van der Waals surface area (Å²) in [4.78, 5) is 33.6. The largest absolute Gasteiger partial charge is 0.504 e. The number of hydrogen-bond donors (Lipinski definition) is 3. The third-order valence-corrected chi connectivity index (χ3v) is 3.15. The van der Waals surface area contributed by atoms with E-state index in [1.807, 2.05) is 0 Å². The number of nitro groups is 1. The Bertz CT molecular complexity index is 862. The molecule has 11 heteroatoms. The van der Waals surface area contributed by atoms with Gasteiger partial charge in [-0.1, -0.05) is 0 Å². The Labute approximate surface area is 152 Å². The number of hydrogen-bond acceptors (Lipinski definition) is 8. The fraction of sp³-hybridized carbons (Fsp3) is 0.188. The van der Waals surface area contributed by atoms with E-state index in [1.54, 1.807) is 6.92 Å². The topological polar surface area (TPSA) is 156 Å². The minimum atomic E-state index is -0.652. The molecule has 0 aliphatic rings. The van der Waals surface area contributed by atoms with Crippen molar-refractivity contribution in [3.63, 3.8) is 0 Å². The molecule has 0 saturated carbocycles. The van der Waals surface area contributed by atoms with Gasteiger partial charge in [-0.15, -0.1) is 0 Å². The third kappa shape index (κ3) is 5.29. The number of nitro benzene ring substituents is 1. The first-order valence-electron chi connectivity index (χ1n) is 7.70. The molecule has 2 rings (SSSR count). The first kappa shape index (κ1) is 19.4. The SMILES string of the molecule is CCOc1cc([N+](=O)[O-])cc(C=NNC(=O)CNC(=O)c2ccco2)c1O. The monoisotopic (exact) mass is 376 g/mol. The van der Waals surface area contributed by atoms with Crippen LogP contribution in [0, 0.1) is 10.1 Å². The van der Waals surface area contributed by atoms with Gasteiger partial charge in [0.1, 0.15) is 0 Å². The van der Waals surface area contributed by atoms with E-state index in [1.165, 1.54) is 18.4 Å². The molecule has 0 bridgehead atoms. The van der Waals surface area contributed by atoms with Crippen LogP contribution in [0.4, 0.5) is 5.69 Å². The maximum atomic E-state index is 11.7. The molecular weight excluding hydrogens is 360 g/mol. The van der Waals surface area contributed by atoms with Crippen LogP contribution in [0.5, 0.6) is 11.5 Å². The zero-order valence-electron chi connectivity index (χ0n) is 14.2. The lowest BCUT2D eigenvalue weighted by molar-refractivity contribution is -0.385. The first-order chi connectivity index (χ1) is 12.9. The number of nitrogens with one attached hydrogen (secondary N) is 2. The van der Waals surface area contributed by atoms with Crippen molar-refractivity contribution in [2.75, 3.05) is 13.2 Å². The summed E-state index contributed by atoms with van der Waals surface area (Å²) in [5.74, 6) is -1.61. The van der Waals surface area contributed by atoms with E-state index in [4.69, 9.17) is 9.15 Å². The number of amides is 2. The molecular formula is C16H16N4O7. The van der Waals surface area contributed by atoms with E-state index in [0.29, 0.717) is 0 Å². The van der Waals surface area contributed by atoms with Crippen molar-refractivity contribution in [1.29, 1.82) is 0 Å². The van der Waals surface area contributed by atoms with Gasteiger partial charge in [0.15, 0.2) is 17.3 Å². The Morgan fingerprint density at radius 3 is 2.85 bits per heavy atom. The molecule has 0 fully saturated rings. The van der Waals surface area contributed by atoms with Gasteiger partial charge in [0.05, 0.1) is 36.6 Å².